The zero-order chi connectivity index (χ0) is 28.1. The molecule has 3 N–H and O–H groups in total. The molecule has 0 bridgehead atoms. The SMILES string of the molecule is CCC=CC(=O)N(Cc1ccc(C)cc1)[C@@H]1C=C(C(=O)NCCO)[C@@H]2c3cc(C=O)cc(OC)c3O[C@@H]2[C@H]1O. The molecule has 206 valence electrons. The van der Waals surface area contributed by atoms with Gasteiger partial charge in [0, 0.05) is 29.8 Å². The number of carbonyl (C=O) groups is 3. The van der Waals surface area contributed by atoms with Crippen molar-refractivity contribution in [2.75, 3.05) is 20.3 Å². The number of hydrogen-bond acceptors (Lipinski definition) is 7. The smallest absolute Gasteiger partial charge is 0.247 e. The molecule has 2 aliphatic rings. The van der Waals surface area contributed by atoms with E-state index in [2.05, 4.69) is 5.32 Å². The Bertz CT molecular complexity index is 1280. The van der Waals surface area contributed by atoms with Crippen molar-refractivity contribution in [3.05, 3.63) is 82.5 Å². The number of allylic oxidation sites excluding steroid dienone is 1. The minimum Gasteiger partial charge on any atom is -0.493 e. The van der Waals surface area contributed by atoms with Gasteiger partial charge in [-0.25, -0.2) is 0 Å². The lowest BCUT2D eigenvalue weighted by Gasteiger charge is -2.40. The summed E-state index contributed by atoms with van der Waals surface area (Å²) in [5.74, 6) is -0.860. The highest BCUT2D eigenvalue weighted by Gasteiger charge is 2.51. The number of rotatable bonds is 10. The van der Waals surface area contributed by atoms with E-state index in [1.807, 2.05) is 38.1 Å². The predicted octanol–water partition coefficient (Wildman–Crippen LogP) is 2.43. The fourth-order valence-electron chi connectivity index (χ4n) is 5.09. The van der Waals surface area contributed by atoms with Gasteiger partial charge in [-0.3, -0.25) is 14.4 Å². The molecule has 0 fully saturated rings. The van der Waals surface area contributed by atoms with Gasteiger partial charge in [0.25, 0.3) is 0 Å². The van der Waals surface area contributed by atoms with E-state index >= 15 is 0 Å². The second-order valence-electron chi connectivity index (χ2n) is 9.66. The number of carbonyl (C=O) groups excluding carboxylic acids is 3. The van der Waals surface area contributed by atoms with Crippen LogP contribution in [-0.2, 0) is 16.1 Å². The highest BCUT2D eigenvalue weighted by molar-refractivity contribution is 5.97. The highest BCUT2D eigenvalue weighted by Crippen LogP contribution is 2.51. The molecule has 2 aromatic carbocycles. The average Bonchev–Trinajstić information content (AvgIpc) is 3.34. The molecule has 9 heteroatoms. The van der Waals surface area contributed by atoms with Gasteiger partial charge in [-0.15, -0.1) is 0 Å². The number of hydrogen-bond donors (Lipinski definition) is 3. The van der Waals surface area contributed by atoms with Gasteiger partial charge >= 0.3 is 0 Å². The number of fused-ring (bicyclic) bond motifs is 3. The zero-order valence-electron chi connectivity index (χ0n) is 22.3. The number of aryl methyl sites for hydroxylation is 1. The van der Waals surface area contributed by atoms with Crippen LogP contribution in [0.3, 0.4) is 0 Å². The molecule has 0 saturated carbocycles. The Balaban J connectivity index is 1.82. The first kappa shape index (κ1) is 28.1. The van der Waals surface area contributed by atoms with Crippen LogP contribution in [0.4, 0.5) is 0 Å². The summed E-state index contributed by atoms with van der Waals surface area (Å²) in [5.41, 5.74) is 3.08. The van der Waals surface area contributed by atoms with E-state index in [1.54, 1.807) is 18.2 Å². The Kier molecular flexibility index (Phi) is 8.83. The van der Waals surface area contributed by atoms with E-state index < -0.39 is 30.1 Å². The summed E-state index contributed by atoms with van der Waals surface area (Å²) in [7, 11) is 1.45. The Hall–Kier alpha value is -3.95. The normalized spacial score (nSPS) is 21.4. The van der Waals surface area contributed by atoms with Crippen molar-refractivity contribution in [1.82, 2.24) is 10.2 Å². The lowest BCUT2D eigenvalue weighted by atomic mass is 9.77. The molecular weight excluding hydrogens is 500 g/mol. The number of aliphatic hydroxyl groups excluding tert-OH is 2. The van der Waals surface area contributed by atoms with Gasteiger partial charge in [0.2, 0.25) is 11.8 Å². The molecule has 0 saturated heterocycles. The van der Waals surface area contributed by atoms with Crippen LogP contribution < -0.4 is 14.8 Å². The fourth-order valence-corrected chi connectivity index (χ4v) is 5.09. The molecule has 0 spiro atoms. The van der Waals surface area contributed by atoms with Crippen LogP contribution in [0.1, 0.15) is 46.3 Å². The standard InChI is InChI=1S/C30H34N2O7/c1-4-5-6-25(35)32(16-19-9-7-18(2)8-10-19)23-15-22(30(37)31-11-12-33)26-21-13-20(17-34)14-24(38-3)28(21)39-29(26)27(23)36/h5-10,13-15,17,23,26-27,29,33,36H,4,11-12,16H2,1-3H3,(H,31,37)/t23-,26+,27+,29+/m1/s1. The lowest BCUT2D eigenvalue weighted by Crippen LogP contribution is -2.55. The Labute approximate surface area is 227 Å². The first-order valence-corrected chi connectivity index (χ1v) is 13.0. The van der Waals surface area contributed by atoms with Crippen molar-refractivity contribution in [2.45, 2.75) is 51.0 Å². The van der Waals surface area contributed by atoms with Crippen LogP contribution in [0.15, 0.2) is 60.2 Å². The maximum absolute atomic E-state index is 13.4. The maximum Gasteiger partial charge on any atom is 0.247 e. The van der Waals surface area contributed by atoms with Crippen molar-refractivity contribution in [1.29, 1.82) is 0 Å². The van der Waals surface area contributed by atoms with Crippen LogP contribution >= 0.6 is 0 Å². The summed E-state index contributed by atoms with van der Waals surface area (Å²) in [4.78, 5) is 40.0. The molecule has 2 aromatic rings. The number of aliphatic hydroxyl groups is 2. The minimum absolute atomic E-state index is 0.0252. The third kappa shape index (κ3) is 5.74. The first-order chi connectivity index (χ1) is 18.8. The second kappa shape index (κ2) is 12.3. The molecule has 0 radical (unpaired) electrons. The van der Waals surface area contributed by atoms with E-state index in [-0.39, 0.29) is 31.2 Å². The molecule has 4 rings (SSSR count). The quantitative estimate of drug-likeness (QED) is 0.316. The molecule has 0 aromatic heterocycles. The Morgan fingerprint density at radius 1 is 1.21 bits per heavy atom. The van der Waals surface area contributed by atoms with E-state index in [0.717, 1.165) is 11.1 Å². The fraction of sp³-hybridized carbons (Fsp3) is 0.367. The third-order valence-electron chi connectivity index (χ3n) is 7.02. The predicted molar refractivity (Wildman–Crippen MR) is 145 cm³/mol. The van der Waals surface area contributed by atoms with Gasteiger partial charge in [0.05, 0.1) is 25.7 Å². The molecule has 9 nitrogen and oxygen atoms in total. The summed E-state index contributed by atoms with van der Waals surface area (Å²) >= 11 is 0. The van der Waals surface area contributed by atoms with Gasteiger partial charge in [-0.1, -0.05) is 42.8 Å². The van der Waals surface area contributed by atoms with E-state index in [1.165, 1.54) is 24.2 Å². The maximum atomic E-state index is 13.4. The van der Waals surface area contributed by atoms with Crippen LogP contribution in [0.25, 0.3) is 0 Å². The van der Waals surface area contributed by atoms with E-state index in [4.69, 9.17) is 9.47 Å². The Morgan fingerprint density at radius 3 is 2.59 bits per heavy atom. The second-order valence-corrected chi connectivity index (χ2v) is 9.66. The van der Waals surface area contributed by atoms with Crippen LogP contribution in [0.5, 0.6) is 11.5 Å². The van der Waals surface area contributed by atoms with Gasteiger partial charge < -0.3 is 29.9 Å². The summed E-state index contributed by atoms with van der Waals surface area (Å²) in [6, 6.07) is 9.99. The van der Waals surface area contributed by atoms with Crippen molar-refractivity contribution < 1.29 is 34.1 Å². The molecule has 4 atom stereocenters. The van der Waals surface area contributed by atoms with Crippen LogP contribution in [0.2, 0.25) is 0 Å². The van der Waals surface area contributed by atoms with Gasteiger partial charge in [-0.05, 0) is 43.2 Å². The molecule has 1 aliphatic heterocycles. The summed E-state index contributed by atoms with van der Waals surface area (Å²) in [6.45, 7) is 3.86. The van der Waals surface area contributed by atoms with Gasteiger partial charge in [-0.2, -0.15) is 0 Å². The summed E-state index contributed by atoms with van der Waals surface area (Å²) < 4.78 is 11.7. The van der Waals surface area contributed by atoms with Crippen molar-refractivity contribution in [3.8, 4) is 11.5 Å². The zero-order valence-corrected chi connectivity index (χ0v) is 22.3. The minimum atomic E-state index is -1.20. The highest BCUT2D eigenvalue weighted by atomic mass is 16.5. The van der Waals surface area contributed by atoms with Crippen LogP contribution in [0, 0.1) is 6.92 Å². The monoisotopic (exact) mass is 534 g/mol. The molecule has 2 amide bonds. The topological polar surface area (TPSA) is 125 Å². The molecule has 0 unspecified atom stereocenters. The van der Waals surface area contributed by atoms with Gasteiger partial charge in [0.1, 0.15) is 18.5 Å². The Morgan fingerprint density at radius 2 is 1.95 bits per heavy atom. The van der Waals surface area contributed by atoms with E-state index in [0.29, 0.717) is 35.3 Å². The van der Waals surface area contributed by atoms with Crippen molar-refractivity contribution >= 4 is 18.1 Å². The van der Waals surface area contributed by atoms with Crippen molar-refractivity contribution in [3.63, 3.8) is 0 Å². The molecule has 1 heterocycles. The average molecular weight is 535 g/mol. The van der Waals surface area contributed by atoms with Crippen LogP contribution in [-0.4, -0.2) is 71.7 Å². The molecule has 39 heavy (non-hydrogen) atoms. The summed E-state index contributed by atoms with van der Waals surface area (Å²) in [6.07, 6.45) is 4.02. The van der Waals surface area contributed by atoms with Gasteiger partial charge in [0.15, 0.2) is 11.5 Å². The number of ether oxygens (including phenoxy) is 2. The third-order valence-corrected chi connectivity index (χ3v) is 7.02. The number of benzene rings is 2. The largest absolute Gasteiger partial charge is 0.493 e. The number of aldehydes is 1. The number of nitrogens with one attached hydrogen (secondary N) is 1. The molecular formula is C30H34N2O7. The lowest BCUT2D eigenvalue weighted by molar-refractivity contribution is -0.133. The van der Waals surface area contributed by atoms with E-state index in [9.17, 15) is 24.6 Å². The number of methoxy groups -OCH3 is 1. The molecule has 1 aliphatic carbocycles. The first-order valence-electron chi connectivity index (χ1n) is 13.0. The number of amides is 2. The number of nitrogens with zero attached hydrogens (tertiary/aromatic N) is 1. The van der Waals surface area contributed by atoms with Crippen molar-refractivity contribution in [2.24, 2.45) is 0 Å². The summed E-state index contributed by atoms with van der Waals surface area (Å²) in [5, 5.41) is 23.7.